The molecule has 110 valence electrons. The average molecular weight is 311 g/mol. The van der Waals surface area contributed by atoms with Gasteiger partial charge in [-0.25, -0.2) is 4.98 Å². The van der Waals surface area contributed by atoms with Gasteiger partial charge in [0, 0.05) is 5.38 Å². The molecule has 0 bridgehead atoms. The Morgan fingerprint density at radius 2 is 2.14 bits per heavy atom. The van der Waals surface area contributed by atoms with Crippen molar-refractivity contribution in [3.05, 3.63) is 58.1 Å². The maximum absolute atomic E-state index is 8.91. The number of thiazole rings is 1. The van der Waals surface area contributed by atoms with Crippen LogP contribution in [0.5, 0.6) is 5.75 Å². The van der Waals surface area contributed by atoms with E-state index in [0.29, 0.717) is 13.2 Å². The fourth-order valence-corrected chi connectivity index (χ4v) is 2.60. The maximum atomic E-state index is 8.91. The van der Waals surface area contributed by atoms with Crippen molar-refractivity contribution in [1.29, 1.82) is 5.26 Å². The van der Waals surface area contributed by atoms with Crippen molar-refractivity contribution >= 4 is 11.3 Å². The molecule has 0 amide bonds. The van der Waals surface area contributed by atoms with Crippen molar-refractivity contribution in [2.24, 2.45) is 0 Å². The van der Waals surface area contributed by atoms with Gasteiger partial charge < -0.3 is 4.74 Å². The van der Waals surface area contributed by atoms with Crippen LogP contribution in [0.25, 0.3) is 0 Å². The van der Waals surface area contributed by atoms with Gasteiger partial charge in [0.25, 0.3) is 0 Å². The summed E-state index contributed by atoms with van der Waals surface area (Å²) in [6.45, 7) is 2.95. The number of hydrogen-bond donors (Lipinski definition) is 0. The Morgan fingerprint density at radius 1 is 1.32 bits per heavy atom. The maximum Gasteiger partial charge on any atom is 0.235 e. The zero-order chi connectivity index (χ0) is 15.4. The van der Waals surface area contributed by atoms with Gasteiger partial charge in [-0.3, -0.25) is 4.57 Å². The molecule has 6 nitrogen and oxygen atoms in total. The van der Waals surface area contributed by atoms with E-state index in [9.17, 15) is 0 Å². The molecule has 3 rings (SSSR count). The molecule has 1 aromatic carbocycles. The van der Waals surface area contributed by atoms with Gasteiger partial charge in [0.15, 0.2) is 0 Å². The number of nitriles is 1. The number of hydrogen-bond acceptors (Lipinski definition) is 6. The Bertz CT molecular complexity index is 800. The SMILES string of the molecule is Cc1ccc(OCc2nc(Cn3cnnc3C#N)cs2)cc1. The number of aryl methyl sites for hydroxylation is 1. The summed E-state index contributed by atoms with van der Waals surface area (Å²) in [6, 6.07) is 9.91. The number of aromatic nitrogens is 4. The van der Waals surface area contributed by atoms with Gasteiger partial charge in [0.05, 0.1) is 12.2 Å². The van der Waals surface area contributed by atoms with Crippen LogP contribution in [-0.4, -0.2) is 19.7 Å². The molecular weight excluding hydrogens is 298 g/mol. The number of ether oxygens (including phenoxy) is 1. The smallest absolute Gasteiger partial charge is 0.235 e. The molecule has 7 heteroatoms. The van der Waals surface area contributed by atoms with Crippen molar-refractivity contribution in [3.8, 4) is 11.8 Å². The lowest BCUT2D eigenvalue weighted by atomic mass is 10.2. The third kappa shape index (κ3) is 3.30. The molecule has 0 aliphatic rings. The molecule has 0 radical (unpaired) electrons. The zero-order valence-corrected chi connectivity index (χ0v) is 12.7. The first-order valence-corrected chi connectivity index (χ1v) is 7.53. The number of benzene rings is 1. The van der Waals surface area contributed by atoms with Crippen LogP contribution in [0.15, 0.2) is 36.0 Å². The largest absolute Gasteiger partial charge is 0.486 e. The van der Waals surface area contributed by atoms with Crippen molar-refractivity contribution < 1.29 is 4.74 Å². The highest BCUT2D eigenvalue weighted by atomic mass is 32.1. The van der Waals surface area contributed by atoms with Gasteiger partial charge in [-0.2, -0.15) is 5.26 Å². The summed E-state index contributed by atoms with van der Waals surface area (Å²) >= 11 is 1.53. The third-order valence-electron chi connectivity index (χ3n) is 3.03. The third-order valence-corrected chi connectivity index (χ3v) is 3.90. The van der Waals surface area contributed by atoms with Crippen LogP contribution in [0.2, 0.25) is 0 Å². The van der Waals surface area contributed by atoms with Crippen LogP contribution in [0.4, 0.5) is 0 Å². The van der Waals surface area contributed by atoms with Gasteiger partial charge in [0.1, 0.15) is 29.8 Å². The van der Waals surface area contributed by atoms with Gasteiger partial charge >= 0.3 is 0 Å². The second-order valence-electron chi connectivity index (χ2n) is 4.73. The Kier molecular flexibility index (Phi) is 4.12. The molecule has 0 unspecified atom stereocenters. The summed E-state index contributed by atoms with van der Waals surface area (Å²) in [5, 5.41) is 19.2. The second kappa shape index (κ2) is 6.37. The predicted octanol–water partition coefficient (Wildman–Crippen LogP) is 2.54. The molecule has 0 saturated carbocycles. The fraction of sp³-hybridized carbons (Fsp3) is 0.200. The summed E-state index contributed by atoms with van der Waals surface area (Å²) in [5.74, 6) is 1.11. The molecule has 2 aromatic heterocycles. The van der Waals surface area contributed by atoms with Gasteiger partial charge in [0.2, 0.25) is 5.82 Å². The van der Waals surface area contributed by atoms with Gasteiger partial charge in [-0.15, -0.1) is 21.5 Å². The van der Waals surface area contributed by atoms with E-state index in [2.05, 4.69) is 15.2 Å². The standard InChI is InChI=1S/C15H13N5OS/c1-11-2-4-13(5-3-11)21-8-15-18-12(9-22-15)7-20-10-17-19-14(20)6-16/h2-5,9-10H,7-8H2,1H3. The zero-order valence-electron chi connectivity index (χ0n) is 11.9. The summed E-state index contributed by atoms with van der Waals surface area (Å²) in [7, 11) is 0. The van der Waals surface area contributed by atoms with Crippen LogP contribution in [0.1, 0.15) is 22.1 Å². The topological polar surface area (TPSA) is 76.6 Å². The van der Waals surface area contributed by atoms with E-state index in [-0.39, 0.29) is 5.82 Å². The predicted molar refractivity (Wildman–Crippen MR) is 81.5 cm³/mol. The van der Waals surface area contributed by atoms with Crippen molar-refractivity contribution in [3.63, 3.8) is 0 Å². The minimum Gasteiger partial charge on any atom is -0.486 e. The van der Waals surface area contributed by atoms with E-state index in [0.717, 1.165) is 16.5 Å². The van der Waals surface area contributed by atoms with E-state index in [1.165, 1.54) is 23.2 Å². The lowest BCUT2D eigenvalue weighted by Gasteiger charge is -2.04. The Balaban J connectivity index is 1.62. The van der Waals surface area contributed by atoms with Crippen LogP contribution in [0.3, 0.4) is 0 Å². The summed E-state index contributed by atoms with van der Waals surface area (Å²) in [4.78, 5) is 4.50. The molecule has 0 spiro atoms. The molecule has 2 heterocycles. The van der Waals surface area contributed by atoms with Crippen molar-refractivity contribution in [2.45, 2.75) is 20.1 Å². The fourth-order valence-electron chi connectivity index (χ4n) is 1.90. The number of rotatable bonds is 5. The Morgan fingerprint density at radius 3 is 2.91 bits per heavy atom. The first-order chi connectivity index (χ1) is 10.7. The molecular formula is C15H13N5OS. The lowest BCUT2D eigenvalue weighted by Crippen LogP contribution is -2.02. The summed E-state index contributed by atoms with van der Waals surface area (Å²) in [6.07, 6.45) is 1.53. The highest BCUT2D eigenvalue weighted by Gasteiger charge is 2.07. The Labute approximate surface area is 131 Å². The lowest BCUT2D eigenvalue weighted by molar-refractivity contribution is 0.305. The second-order valence-corrected chi connectivity index (χ2v) is 5.67. The highest BCUT2D eigenvalue weighted by molar-refractivity contribution is 7.09. The molecule has 22 heavy (non-hydrogen) atoms. The quantitative estimate of drug-likeness (QED) is 0.723. The molecule has 0 aliphatic heterocycles. The molecule has 0 saturated heterocycles. The average Bonchev–Trinajstić information content (AvgIpc) is 3.16. The van der Waals surface area contributed by atoms with E-state index in [1.54, 1.807) is 4.57 Å². The normalized spacial score (nSPS) is 10.4. The van der Waals surface area contributed by atoms with Gasteiger partial charge in [-0.05, 0) is 19.1 Å². The van der Waals surface area contributed by atoms with Crippen LogP contribution in [-0.2, 0) is 13.2 Å². The molecule has 0 fully saturated rings. The molecule has 0 aliphatic carbocycles. The highest BCUT2D eigenvalue weighted by Crippen LogP contribution is 2.16. The number of nitrogens with zero attached hydrogens (tertiary/aromatic N) is 5. The molecule has 0 atom stereocenters. The van der Waals surface area contributed by atoms with E-state index >= 15 is 0 Å². The van der Waals surface area contributed by atoms with Crippen LogP contribution >= 0.6 is 11.3 Å². The summed E-state index contributed by atoms with van der Waals surface area (Å²) in [5.41, 5.74) is 2.06. The Hall–Kier alpha value is -2.72. The van der Waals surface area contributed by atoms with Crippen LogP contribution < -0.4 is 4.74 Å². The van der Waals surface area contributed by atoms with Crippen molar-refractivity contribution in [2.75, 3.05) is 0 Å². The molecule has 3 aromatic rings. The summed E-state index contributed by atoms with van der Waals surface area (Å²) < 4.78 is 7.37. The van der Waals surface area contributed by atoms with Crippen molar-refractivity contribution in [1.82, 2.24) is 19.7 Å². The first kappa shape index (κ1) is 14.2. The molecule has 0 N–H and O–H groups in total. The first-order valence-electron chi connectivity index (χ1n) is 6.65. The van der Waals surface area contributed by atoms with E-state index in [1.807, 2.05) is 42.6 Å². The van der Waals surface area contributed by atoms with E-state index in [4.69, 9.17) is 10.00 Å². The van der Waals surface area contributed by atoms with Gasteiger partial charge in [-0.1, -0.05) is 17.7 Å². The van der Waals surface area contributed by atoms with Crippen LogP contribution in [0, 0.1) is 18.3 Å². The van der Waals surface area contributed by atoms with E-state index < -0.39 is 0 Å². The monoisotopic (exact) mass is 311 g/mol. The minimum absolute atomic E-state index is 0.283. The minimum atomic E-state index is 0.283.